The number of hydrogen-bond donors (Lipinski definition) is 1. The molecule has 1 N–H and O–H groups in total. The summed E-state index contributed by atoms with van der Waals surface area (Å²) >= 11 is 0. The molecule has 1 aromatic rings. The fourth-order valence-electron chi connectivity index (χ4n) is 1.55. The van der Waals surface area contributed by atoms with Crippen LogP contribution in [0.2, 0.25) is 0 Å². The molecule has 14 heavy (non-hydrogen) atoms. The average Bonchev–Trinajstić information content (AvgIpc) is 2.23. The zero-order chi connectivity index (χ0) is 10.1. The van der Waals surface area contributed by atoms with Crippen LogP contribution in [0.3, 0.4) is 0 Å². The number of aliphatic hydroxyl groups excluding tert-OH is 1. The molecular weight excluding hydrogens is 178 g/mol. The van der Waals surface area contributed by atoms with Gasteiger partial charge in [-0.2, -0.15) is 4.58 Å². The summed E-state index contributed by atoms with van der Waals surface area (Å²) in [5, 5.41) is 9.51. The van der Waals surface area contributed by atoms with Crippen LogP contribution in [0.15, 0.2) is 18.2 Å². The van der Waals surface area contributed by atoms with Crippen molar-refractivity contribution in [1.29, 1.82) is 0 Å². The molecule has 1 aliphatic heterocycles. The zero-order valence-corrected chi connectivity index (χ0v) is 8.45. The third kappa shape index (κ3) is 1.35. The number of nitrogens with zero attached hydrogens (tertiary/aromatic N) is 1. The minimum absolute atomic E-state index is 0.255. The van der Waals surface area contributed by atoms with Gasteiger partial charge in [-0.05, 0) is 18.1 Å². The van der Waals surface area contributed by atoms with E-state index in [2.05, 4.69) is 13.0 Å². The van der Waals surface area contributed by atoms with E-state index < -0.39 is 0 Å². The largest absolute Gasteiger partial charge is 0.472 e. The maximum absolute atomic E-state index is 9.51. The molecule has 0 amide bonds. The molecule has 3 nitrogen and oxygen atoms in total. The van der Waals surface area contributed by atoms with Gasteiger partial charge < -0.3 is 9.84 Å². The number of rotatable bonds is 1. The number of benzene rings is 1. The van der Waals surface area contributed by atoms with Gasteiger partial charge in [0.2, 0.25) is 6.61 Å². The minimum Gasteiger partial charge on any atom is -0.472 e. The van der Waals surface area contributed by atoms with E-state index in [9.17, 15) is 5.11 Å². The molecule has 2 rings (SSSR count). The van der Waals surface area contributed by atoms with Gasteiger partial charge in [0, 0.05) is 6.07 Å². The highest BCUT2D eigenvalue weighted by atomic mass is 16.5. The molecule has 0 radical (unpaired) electrons. The first-order valence-electron chi connectivity index (χ1n) is 4.76. The third-order valence-corrected chi connectivity index (χ3v) is 2.54. The van der Waals surface area contributed by atoms with E-state index in [1.165, 1.54) is 5.56 Å². The molecule has 0 aromatic heterocycles. The molecule has 1 aromatic carbocycles. The summed E-state index contributed by atoms with van der Waals surface area (Å²) in [6, 6.07) is 6.05. The summed E-state index contributed by atoms with van der Waals surface area (Å²) in [7, 11) is 1.84. The van der Waals surface area contributed by atoms with Gasteiger partial charge in [0.1, 0.15) is 7.05 Å². The van der Waals surface area contributed by atoms with E-state index >= 15 is 0 Å². The molecule has 0 bridgehead atoms. The Morgan fingerprint density at radius 1 is 1.50 bits per heavy atom. The third-order valence-electron chi connectivity index (χ3n) is 2.54. The second kappa shape index (κ2) is 3.33. The average molecular weight is 192 g/mol. The van der Waals surface area contributed by atoms with Gasteiger partial charge in [-0.15, -0.1) is 0 Å². The Kier molecular flexibility index (Phi) is 2.15. The quantitative estimate of drug-likeness (QED) is 0.689. The molecule has 1 aliphatic rings. The highest BCUT2D eigenvalue weighted by Gasteiger charge is 2.24. The van der Waals surface area contributed by atoms with Crippen LogP contribution in [-0.4, -0.2) is 29.2 Å². The standard InChI is InChI=1S/C11H13NO2/c1-3-8-4-5-10-9(6-8)12(2)11(13)7-14-10/h4-6H,3,7H2,1-2H3/p+1. The molecule has 0 unspecified atom stereocenters. The van der Waals surface area contributed by atoms with Crippen molar-refractivity contribution < 1.29 is 14.4 Å². The van der Waals surface area contributed by atoms with E-state index in [-0.39, 0.29) is 12.5 Å². The Balaban J connectivity index is 2.54. The second-order valence-electron chi connectivity index (χ2n) is 3.42. The normalized spacial score (nSPS) is 15.0. The van der Waals surface area contributed by atoms with Crippen molar-refractivity contribution >= 4 is 11.6 Å². The summed E-state index contributed by atoms with van der Waals surface area (Å²) in [6.07, 6.45) is 0.988. The Morgan fingerprint density at radius 2 is 2.29 bits per heavy atom. The Bertz CT molecular complexity index is 396. The SMILES string of the molecule is CCc1ccc2c(c1)[N+](C)=C(O)CO2. The van der Waals surface area contributed by atoms with Crippen molar-refractivity contribution in [3.63, 3.8) is 0 Å². The van der Waals surface area contributed by atoms with Gasteiger partial charge in [-0.1, -0.05) is 13.0 Å². The number of aryl methyl sites for hydroxylation is 1. The molecule has 0 fully saturated rings. The Morgan fingerprint density at radius 3 is 3.00 bits per heavy atom. The van der Waals surface area contributed by atoms with Gasteiger partial charge in [0.25, 0.3) is 5.69 Å². The number of aliphatic hydroxyl groups is 1. The van der Waals surface area contributed by atoms with Crippen LogP contribution >= 0.6 is 0 Å². The summed E-state index contributed by atoms with van der Waals surface area (Å²) in [5.74, 6) is 1.09. The summed E-state index contributed by atoms with van der Waals surface area (Å²) in [5.41, 5.74) is 2.18. The number of fused-ring (bicyclic) bond motifs is 1. The monoisotopic (exact) mass is 192 g/mol. The maximum atomic E-state index is 9.51. The van der Waals surface area contributed by atoms with Gasteiger partial charge in [-0.25, -0.2) is 0 Å². The summed E-state index contributed by atoms with van der Waals surface area (Å²) < 4.78 is 7.14. The van der Waals surface area contributed by atoms with E-state index in [0.717, 1.165) is 17.9 Å². The van der Waals surface area contributed by atoms with Gasteiger partial charge in [-0.3, -0.25) is 0 Å². The maximum Gasteiger partial charge on any atom is 0.378 e. The van der Waals surface area contributed by atoms with Crippen LogP contribution in [0.5, 0.6) is 5.75 Å². The van der Waals surface area contributed by atoms with Crippen molar-refractivity contribution in [3.05, 3.63) is 23.8 Å². The lowest BCUT2D eigenvalue weighted by molar-refractivity contribution is -0.422. The molecule has 0 saturated heterocycles. The molecule has 3 heteroatoms. The number of hydrogen-bond acceptors (Lipinski definition) is 1. The van der Waals surface area contributed by atoms with E-state index in [1.54, 1.807) is 4.58 Å². The number of ether oxygens (including phenoxy) is 1. The molecule has 0 atom stereocenters. The van der Waals surface area contributed by atoms with Crippen LogP contribution in [-0.2, 0) is 6.42 Å². The lowest BCUT2D eigenvalue weighted by Gasteiger charge is -2.13. The topological polar surface area (TPSA) is 32.5 Å². The summed E-state index contributed by atoms with van der Waals surface area (Å²) in [4.78, 5) is 0. The zero-order valence-electron chi connectivity index (χ0n) is 8.45. The van der Waals surface area contributed by atoms with E-state index in [0.29, 0.717) is 0 Å². The Hall–Kier alpha value is -1.51. The van der Waals surface area contributed by atoms with Gasteiger partial charge >= 0.3 is 5.90 Å². The van der Waals surface area contributed by atoms with Crippen LogP contribution in [0, 0.1) is 0 Å². The van der Waals surface area contributed by atoms with Gasteiger partial charge in [0.05, 0.1) is 0 Å². The highest BCUT2D eigenvalue weighted by Crippen LogP contribution is 2.30. The Labute approximate surface area is 83.3 Å². The van der Waals surface area contributed by atoms with Crippen molar-refractivity contribution in [2.75, 3.05) is 13.7 Å². The molecule has 1 heterocycles. The lowest BCUT2D eigenvalue weighted by Crippen LogP contribution is -2.25. The predicted molar refractivity (Wildman–Crippen MR) is 54.8 cm³/mol. The van der Waals surface area contributed by atoms with Crippen molar-refractivity contribution in [2.24, 2.45) is 0 Å². The molecular formula is C11H14NO2+. The van der Waals surface area contributed by atoms with Crippen molar-refractivity contribution in [2.45, 2.75) is 13.3 Å². The van der Waals surface area contributed by atoms with Crippen LogP contribution in [0.4, 0.5) is 5.69 Å². The lowest BCUT2D eigenvalue weighted by atomic mass is 10.1. The molecule has 0 aliphatic carbocycles. The predicted octanol–water partition coefficient (Wildman–Crippen LogP) is 1.87. The first-order chi connectivity index (χ1) is 6.72. The fourth-order valence-corrected chi connectivity index (χ4v) is 1.55. The molecule has 0 spiro atoms. The second-order valence-corrected chi connectivity index (χ2v) is 3.42. The van der Waals surface area contributed by atoms with Gasteiger partial charge in [0.15, 0.2) is 5.75 Å². The van der Waals surface area contributed by atoms with E-state index in [4.69, 9.17) is 4.74 Å². The highest BCUT2D eigenvalue weighted by molar-refractivity contribution is 5.74. The fraction of sp³-hybridized carbons (Fsp3) is 0.364. The minimum atomic E-state index is 0.255. The van der Waals surface area contributed by atoms with E-state index in [1.807, 2.05) is 19.2 Å². The van der Waals surface area contributed by atoms with Crippen molar-refractivity contribution in [3.8, 4) is 5.75 Å². The first-order valence-corrected chi connectivity index (χ1v) is 4.76. The molecule has 0 saturated carbocycles. The summed E-state index contributed by atoms with van der Waals surface area (Å²) in [6.45, 7) is 2.37. The van der Waals surface area contributed by atoms with Crippen LogP contribution in [0.1, 0.15) is 12.5 Å². The molecule has 74 valence electrons. The van der Waals surface area contributed by atoms with Crippen LogP contribution < -0.4 is 4.74 Å². The van der Waals surface area contributed by atoms with Crippen molar-refractivity contribution in [1.82, 2.24) is 0 Å². The first kappa shape index (κ1) is 9.06. The smallest absolute Gasteiger partial charge is 0.378 e. The van der Waals surface area contributed by atoms with Crippen LogP contribution in [0.25, 0.3) is 0 Å².